The average molecular weight is 1780 g/mol. The van der Waals surface area contributed by atoms with Gasteiger partial charge in [0.25, 0.3) is 23.6 Å². The van der Waals surface area contributed by atoms with Crippen molar-refractivity contribution < 1.29 is 62.6 Å². The first-order valence-corrected chi connectivity index (χ1v) is 43.7. The Morgan fingerprint density at radius 3 is 1.27 bits per heavy atom. The standard InChI is InChI=1S/C23H28N8O3.C22H26N8O3.C22H27N7O4.C19H21FN8O2/c1-24-20-11-18(29-21-16(12-25-31(20)21)22(32)26-15-5-6-15)27-17-3-2-4-19(28-17)30-8-10-34-23(13-30)7-9-33-14-23;1-23-19-9-17(26-16-3-2-4-18(27-16)29-11-22(12-29)7-8-33-22)28-20-13(10-24-30(19)20)21(32)25-14-5-6-15(14)31;1-23-20-8-19(27-18-6-2-5-15(25-18)13-4-3-7-32-10-13)28-21-14(9-24-29(20)21)22(31)26-16-11-33-12-17(16)30;1-21-17-6-15(24-14-3-2-4-16(25-14)27-8-10(29)9-27)26-18-11(7-22-28(17)18)19(30)23-13-5-12(13)20/h2-4,11-12,15,24H,5-10,13-14H2,1H3,(H,26,32)(H,27,28,29);2-4,9-10,14-15,23,31H,5-8,11-12H2,1H3,(H,25,32)(H,26,27,28);2,5-6,8-9,13,16-17,23,30H,3-4,7,10-12H2,1H3,(H,26,31)(H,25,27,28);2-4,6-7,10,12-13,21,29H,5,8-9H2,1H3,(H,23,30)(H,24,25,26)/t23-;14-,15+;13-,16+,17-;12-,13+/m1000/s1. The summed E-state index contributed by atoms with van der Waals surface area (Å²) in [5, 5.41) is 83.1. The van der Waals surface area contributed by atoms with Crippen LogP contribution in [-0.4, -0.2) is 297 Å². The van der Waals surface area contributed by atoms with Crippen molar-refractivity contribution in [3.63, 3.8) is 0 Å². The van der Waals surface area contributed by atoms with Crippen LogP contribution in [0.1, 0.15) is 111 Å². The van der Waals surface area contributed by atoms with E-state index in [0.29, 0.717) is 155 Å². The smallest absolute Gasteiger partial charge is 0.257 e. The summed E-state index contributed by atoms with van der Waals surface area (Å²) in [6.45, 7) is 9.19. The summed E-state index contributed by atoms with van der Waals surface area (Å²) in [5.74, 6) is 8.93. The van der Waals surface area contributed by atoms with Gasteiger partial charge in [-0.2, -0.15) is 38.5 Å². The van der Waals surface area contributed by atoms with Crippen LogP contribution >= 0.6 is 0 Å². The van der Waals surface area contributed by atoms with Crippen molar-refractivity contribution in [2.75, 3.05) is 178 Å². The van der Waals surface area contributed by atoms with Crippen LogP contribution in [0, 0.1) is 0 Å². The van der Waals surface area contributed by atoms with E-state index in [4.69, 9.17) is 38.6 Å². The molecule has 680 valence electrons. The number of aliphatic hydroxyl groups is 3. The Balaban J connectivity index is 0.000000112. The largest absolute Gasteiger partial charge is 0.391 e. The monoisotopic (exact) mass is 1780 g/mol. The van der Waals surface area contributed by atoms with Gasteiger partial charge in [-0.05, 0) is 87.1 Å². The summed E-state index contributed by atoms with van der Waals surface area (Å²) >= 11 is 0. The lowest BCUT2D eigenvalue weighted by Gasteiger charge is -2.55. The number of amides is 4. The van der Waals surface area contributed by atoms with Gasteiger partial charge in [-0.1, -0.05) is 24.3 Å². The van der Waals surface area contributed by atoms with E-state index < -0.39 is 36.4 Å². The summed E-state index contributed by atoms with van der Waals surface area (Å²) in [4.78, 5) is 94.6. The van der Waals surface area contributed by atoms with Crippen LogP contribution in [0.3, 0.4) is 0 Å². The quantitative estimate of drug-likeness (QED) is 0.0371. The molecule has 0 bridgehead atoms. The number of rotatable bonds is 24. The molecule has 2 spiro atoms. The molecule has 0 radical (unpaired) electrons. The first-order valence-electron chi connectivity index (χ1n) is 43.7. The number of nitrogens with one attached hydrogen (secondary N) is 12. The first kappa shape index (κ1) is 85.8. The van der Waals surface area contributed by atoms with Crippen molar-refractivity contribution in [3.8, 4) is 0 Å². The molecule has 0 aromatic carbocycles. The summed E-state index contributed by atoms with van der Waals surface area (Å²) in [6.07, 6.45) is 11.3. The number of fused-ring (bicyclic) bond motifs is 4. The van der Waals surface area contributed by atoms with Gasteiger partial charge in [0.2, 0.25) is 0 Å². The molecule has 10 aliphatic rings. The van der Waals surface area contributed by atoms with Crippen molar-refractivity contribution in [3.05, 3.63) is 150 Å². The number of alkyl halides is 1. The van der Waals surface area contributed by atoms with Gasteiger partial charge >= 0.3 is 0 Å². The minimum absolute atomic E-state index is 0.0356. The molecule has 8 atom stereocenters. The summed E-state index contributed by atoms with van der Waals surface area (Å²) < 4.78 is 47.6. The molecule has 44 heteroatoms. The lowest BCUT2D eigenvalue weighted by molar-refractivity contribution is -0.161. The number of nitrogens with zero attached hydrogens (tertiary/aromatic N) is 19. The molecule has 19 heterocycles. The fraction of sp³-hybridized carbons (Fsp3) is 0.442. The molecule has 3 saturated carbocycles. The van der Waals surface area contributed by atoms with E-state index in [0.717, 1.165) is 114 Å². The molecule has 7 saturated heterocycles. The van der Waals surface area contributed by atoms with Crippen LogP contribution in [0.5, 0.6) is 0 Å². The fourth-order valence-corrected chi connectivity index (χ4v) is 16.6. The van der Waals surface area contributed by atoms with E-state index >= 15 is 0 Å². The maximum absolute atomic E-state index is 13.2. The third-order valence-electron chi connectivity index (χ3n) is 24.4. The van der Waals surface area contributed by atoms with Gasteiger partial charge in [-0.15, -0.1) is 0 Å². The Kier molecular flexibility index (Phi) is 24.3. The van der Waals surface area contributed by atoms with Crippen molar-refractivity contribution in [1.29, 1.82) is 0 Å². The third-order valence-corrected chi connectivity index (χ3v) is 24.4. The number of aromatic nitrogens is 16. The van der Waals surface area contributed by atoms with Crippen molar-refractivity contribution in [2.45, 2.75) is 124 Å². The van der Waals surface area contributed by atoms with E-state index in [1.807, 2.05) is 96.9 Å². The zero-order valence-corrected chi connectivity index (χ0v) is 71.9. The van der Waals surface area contributed by atoms with Crippen molar-refractivity contribution in [2.24, 2.45) is 0 Å². The number of morpholine rings is 1. The Labute approximate surface area is 743 Å². The molecule has 10 fully saturated rings. The second-order valence-corrected chi connectivity index (χ2v) is 33.7. The first-order chi connectivity index (χ1) is 63.3. The van der Waals surface area contributed by atoms with E-state index in [2.05, 4.69) is 119 Å². The molecule has 43 nitrogen and oxygen atoms in total. The SMILES string of the molecule is CNc1cc(Nc2cccc(N3CC(O)C3)n2)nc2c(C(=O)N[C@@H]3C[C@@H]3F)cnn12.CNc1cc(Nc2cccc(N3CC4(CCO4)C3)n2)nc2c(C(=O)N[C@H]3CC[C@H]3O)cnn12.CNc1cc(Nc2cccc(N3CCO[C@]4(CCOC4)C3)n2)nc2c(C(=O)NC3CC3)cnn12.CNc1cc(Nc2cccc([C@H]3CCCOC3)n2)nc2c(C(=O)N[C@@H]3COC[C@@H]3O)cnn12. The number of halogens is 1. The third kappa shape index (κ3) is 18.6. The molecule has 0 unspecified atom stereocenters. The van der Waals surface area contributed by atoms with E-state index in [1.165, 1.54) is 23.1 Å². The molecule has 7 aliphatic heterocycles. The molecule has 12 aromatic heterocycles. The number of anilines is 15. The number of β-amino-alcohol motifs (C(OH)–C–C–N with tert-alkyl or cyclic N) is 1. The highest BCUT2D eigenvalue weighted by molar-refractivity contribution is 6.03. The highest BCUT2D eigenvalue weighted by Gasteiger charge is 2.50. The highest BCUT2D eigenvalue weighted by atomic mass is 19.1. The molecular weight excluding hydrogens is 1680 g/mol. The number of pyridine rings is 4. The second kappa shape index (κ2) is 36.8. The number of carbonyl (C=O) groups excluding carboxylic acids is 4. The number of hydrogen-bond donors (Lipinski definition) is 15. The maximum atomic E-state index is 13.2. The zero-order valence-electron chi connectivity index (χ0n) is 71.9. The number of hydrogen-bond acceptors (Lipinski definition) is 35. The van der Waals surface area contributed by atoms with E-state index in [9.17, 15) is 38.9 Å². The van der Waals surface area contributed by atoms with Crippen molar-refractivity contribution in [1.82, 2.24) is 99.6 Å². The predicted molar refractivity (Wildman–Crippen MR) is 479 cm³/mol. The molecule has 4 amide bonds. The normalized spacial score (nSPS) is 22.2. The molecule has 12 aromatic rings. The lowest BCUT2D eigenvalue weighted by Crippen LogP contribution is -2.68. The van der Waals surface area contributed by atoms with Crippen LogP contribution in [0.2, 0.25) is 0 Å². The van der Waals surface area contributed by atoms with Crippen LogP contribution in [0.4, 0.5) is 91.7 Å². The van der Waals surface area contributed by atoms with Gasteiger partial charge in [0.05, 0.1) is 121 Å². The van der Waals surface area contributed by atoms with Gasteiger partial charge in [0.15, 0.2) is 22.6 Å². The summed E-state index contributed by atoms with van der Waals surface area (Å²) in [5.41, 5.74) is 3.78. The molecule has 3 aliphatic carbocycles. The zero-order chi connectivity index (χ0) is 89.3. The van der Waals surface area contributed by atoms with Crippen molar-refractivity contribution >= 4 is 133 Å². The van der Waals surface area contributed by atoms with Gasteiger partial charge in [0.1, 0.15) is 127 Å². The highest BCUT2D eigenvalue weighted by Crippen LogP contribution is 2.40. The predicted octanol–water partition coefficient (Wildman–Crippen LogP) is 5.16. The molecule has 130 heavy (non-hydrogen) atoms. The Hall–Kier alpha value is -13.6. The van der Waals surface area contributed by atoms with E-state index in [1.54, 1.807) is 53.0 Å². The topological polar surface area (TPSA) is 502 Å². The Morgan fingerprint density at radius 2 is 0.869 bits per heavy atom. The number of carbonyl (C=O) groups is 4. The van der Waals surface area contributed by atoms with Gasteiger partial charge in [-0.3, -0.25) is 19.2 Å². The van der Waals surface area contributed by atoms with Crippen LogP contribution in [0.25, 0.3) is 22.6 Å². The maximum Gasteiger partial charge on any atom is 0.257 e. The number of ether oxygens (including phenoxy) is 5. The summed E-state index contributed by atoms with van der Waals surface area (Å²) in [7, 11) is 7.11. The minimum atomic E-state index is -0.986. The fourth-order valence-electron chi connectivity index (χ4n) is 16.6. The molecule has 15 N–H and O–H groups in total. The van der Waals surface area contributed by atoms with E-state index in [-0.39, 0.29) is 71.8 Å². The van der Waals surface area contributed by atoms with Gasteiger partial charge in [0, 0.05) is 122 Å². The van der Waals surface area contributed by atoms with Gasteiger partial charge < -0.3 is 118 Å². The average Bonchev–Trinajstić information content (AvgIpc) is 1.03. The second-order valence-electron chi connectivity index (χ2n) is 33.7. The number of aliphatic hydroxyl groups excluding tert-OH is 3. The molecular formula is C86H102FN31O12. The summed E-state index contributed by atoms with van der Waals surface area (Å²) in [6, 6.07) is 29.5. The Bertz CT molecular complexity index is 6160. The van der Waals surface area contributed by atoms with Gasteiger partial charge in [-0.25, -0.2) is 44.3 Å². The lowest BCUT2D eigenvalue weighted by atomic mass is 9.86. The van der Waals surface area contributed by atoms with Crippen LogP contribution in [-0.2, 0) is 23.7 Å². The Morgan fingerprint density at radius 1 is 0.423 bits per heavy atom. The van der Waals surface area contributed by atoms with Crippen LogP contribution in [0.15, 0.2) is 122 Å². The van der Waals surface area contributed by atoms with Crippen LogP contribution < -0.4 is 78.5 Å². The minimum Gasteiger partial charge on any atom is -0.391 e. The molecule has 22 rings (SSSR count).